The number of piperidine rings is 1. The van der Waals surface area contributed by atoms with Gasteiger partial charge in [-0.25, -0.2) is 0 Å². The van der Waals surface area contributed by atoms with Crippen LogP contribution < -0.4 is 5.73 Å². The number of aliphatic hydroxyl groups excluding tert-OH is 1. The van der Waals surface area contributed by atoms with Crippen LogP contribution in [0.3, 0.4) is 0 Å². The highest BCUT2D eigenvalue weighted by Crippen LogP contribution is 2.24. The van der Waals surface area contributed by atoms with Crippen LogP contribution in [0.15, 0.2) is 0 Å². The molecule has 0 saturated carbocycles. The number of β-amino-alcohol motifs (C(OH)–C–C–N with tert-alkyl or cyclic N) is 1. The molecule has 0 spiro atoms. The molecule has 2 atom stereocenters. The van der Waals surface area contributed by atoms with E-state index in [9.17, 15) is 0 Å². The largest absolute Gasteiger partial charge is 0.395 e. The summed E-state index contributed by atoms with van der Waals surface area (Å²) in [6, 6.07) is 0.505. The second-order valence-corrected chi connectivity index (χ2v) is 3.95. The maximum Gasteiger partial charge on any atom is 0.0558 e. The summed E-state index contributed by atoms with van der Waals surface area (Å²) in [5.41, 5.74) is 5.72. The predicted octanol–water partition coefficient (Wildman–Crippen LogP) is 0.428. The molecule has 3 N–H and O–H groups in total. The number of likely N-dealkylation sites (tertiary alicyclic amines) is 1. The molecule has 1 heterocycles. The Labute approximate surface area is 80.9 Å². The Morgan fingerprint density at radius 3 is 2.85 bits per heavy atom. The molecule has 0 bridgehead atoms. The van der Waals surface area contributed by atoms with E-state index in [0.29, 0.717) is 6.04 Å². The number of hydrogen-bond donors (Lipinski definition) is 2. The Morgan fingerprint density at radius 1 is 1.54 bits per heavy atom. The first-order valence-electron chi connectivity index (χ1n) is 5.36. The third-order valence-corrected chi connectivity index (χ3v) is 3.18. The van der Waals surface area contributed by atoms with E-state index in [1.807, 2.05) is 0 Å². The van der Waals surface area contributed by atoms with Crippen molar-refractivity contribution in [1.82, 2.24) is 4.90 Å². The van der Waals surface area contributed by atoms with Gasteiger partial charge in [0.25, 0.3) is 0 Å². The molecule has 1 fully saturated rings. The van der Waals surface area contributed by atoms with Gasteiger partial charge in [0.15, 0.2) is 0 Å². The maximum atomic E-state index is 8.87. The van der Waals surface area contributed by atoms with Gasteiger partial charge in [-0.15, -0.1) is 0 Å². The van der Waals surface area contributed by atoms with Crippen LogP contribution in [0.25, 0.3) is 0 Å². The monoisotopic (exact) mass is 186 g/mol. The van der Waals surface area contributed by atoms with Crippen molar-refractivity contribution < 1.29 is 5.11 Å². The predicted molar refractivity (Wildman–Crippen MR) is 54.5 cm³/mol. The van der Waals surface area contributed by atoms with Crippen LogP contribution in [0.5, 0.6) is 0 Å². The first-order chi connectivity index (χ1) is 6.31. The van der Waals surface area contributed by atoms with Crippen molar-refractivity contribution >= 4 is 0 Å². The van der Waals surface area contributed by atoms with Gasteiger partial charge in [0, 0.05) is 19.1 Å². The highest BCUT2D eigenvalue weighted by Gasteiger charge is 2.25. The molecular weight excluding hydrogens is 164 g/mol. The standard InChI is InChI=1S/C10H22N2O/c1-2-9-3-4-12(5-6-13)10(7-9)8-11/h9-10,13H,2-8,11H2,1H3. The van der Waals surface area contributed by atoms with Crippen LogP contribution in [0.2, 0.25) is 0 Å². The highest BCUT2D eigenvalue weighted by atomic mass is 16.3. The summed E-state index contributed by atoms with van der Waals surface area (Å²) in [4.78, 5) is 2.33. The van der Waals surface area contributed by atoms with Crippen LogP contribution in [0, 0.1) is 5.92 Å². The topological polar surface area (TPSA) is 49.5 Å². The summed E-state index contributed by atoms with van der Waals surface area (Å²) in [5, 5.41) is 8.87. The summed E-state index contributed by atoms with van der Waals surface area (Å²) in [6.45, 7) is 5.14. The third kappa shape index (κ3) is 2.93. The van der Waals surface area contributed by atoms with Crippen LogP contribution in [-0.2, 0) is 0 Å². The Balaban J connectivity index is 2.40. The summed E-state index contributed by atoms with van der Waals surface area (Å²) in [5.74, 6) is 0.850. The van der Waals surface area contributed by atoms with Crippen molar-refractivity contribution in [3.05, 3.63) is 0 Å². The van der Waals surface area contributed by atoms with Crippen LogP contribution in [0.1, 0.15) is 26.2 Å². The molecule has 1 saturated heterocycles. The number of hydrogen-bond acceptors (Lipinski definition) is 3. The van der Waals surface area contributed by atoms with E-state index in [1.54, 1.807) is 0 Å². The molecule has 1 aliphatic rings. The van der Waals surface area contributed by atoms with Gasteiger partial charge in [-0.2, -0.15) is 0 Å². The first-order valence-corrected chi connectivity index (χ1v) is 5.36. The molecule has 78 valence electrons. The summed E-state index contributed by atoms with van der Waals surface area (Å²) < 4.78 is 0. The molecule has 3 heteroatoms. The zero-order valence-electron chi connectivity index (χ0n) is 8.58. The molecule has 13 heavy (non-hydrogen) atoms. The molecule has 1 aliphatic heterocycles. The Hall–Kier alpha value is -0.120. The third-order valence-electron chi connectivity index (χ3n) is 3.18. The maximum absolute atomic E-state index is 8.87. The Kier molecular flexibility index (Phi) is 4.70. The molecule has 0 aliphatic carbocycles. The molecule has 0 aromatic rings. The number of aliphatic hydroxyl groups is 1. The molecule has 2 unspecified atom stereocenters. The van der Waals surface area contributed by atoms with Gasteiger partial charge in [-0.1, -0.05) is 13.3 Å². The van der Waals surface area contributed by atoms with Gasteiger partial charge in [-0.05, 0) is 25.3 Å². The van der Waals surface area contributed by atoms with E-state index in [-0.39, 0.29) is 6.61 Å². The lowest BCUT2D eigenvalue weighted by Crippen LogP contribution is -2.47. The number of nitrogens with zero attached hydrogens (tertiary/aromatic N) is 1. The fourth-order valence-electron chi connectivity index (χ4n) is 2.22. The van der Waals surface area contributed by atoms with Crippen molar-refractivity contribution in [2.24, 2.45) is 11.7 Å². The van der Waals surface area contributed by atoms with Crippen LogP contribution in [0.4, 0.5) is 0 Å². The van der Waals surface area contributed by atoms with Crippen molar-refractivity contribution in [2.45, 2.75) is 32.2 Å². The van der Waals surface area contributed by atoms with E-state index >= 15 is 0 Å². The Morgan fingerprint density at radius 2 is 2.31 bits per heavy atom. The van der Waals surface area contributed by atoms with Crippen molar-refractivity contribution in [3.63, 3.8) is 0 Å². The van der Waals surface area contributed by atoms with Crippen molar-refractivity contribution in [3.8, 4) is 0 Å². The minimum absolute atomic E-state index is 0.257. The van der Waals surface area contributed by atoms with Gasteiger partial charge in [0.2, 0.25) is 0 Å². The van der Waals surface area contributed by atoms with E-state index in [0.717, 1.165) is 25.6 Å². The molecule has 0 aromatic carbocycles. The van der Waals surface area contributed by atoms with E-state index in [2.05, 4.69) is 11.8 Å². The van der Waals surface area contributed by atoms with Crippen LogP contribution >= 0.6 is 0 Å². The molecule has 0 radical (unpaired) electrons. The zero-order chi connectivity index (χ0) is 9.68. The van der Waals surface area contributed by atoms with Gasteiger partial charge >= 0.3 is 0 Å². The van der Waals surface area contributed by atoms with Gasteiger partial charge in [0.1, 0.15) is 0 Å². The average Bonchev–Trinajstić information content (AvgIpc) is 2.19. The minimum Gasteiger partial charge on any atom is -0.395 e. The average molecular weight is 186 g/mol. The van der Waals surface area contributed by atoms with E-state index < -0.39 is 0 Å². The number of rotatable bonds is 4. The van der Waals surface area contributed by atoms with Gasteiger partial charge < -0.3 is 10.8 Å². The highest BCUT2D eigenvalue weighted by molar-refractivity contribution is 4.81. The lowest BCUT2D eigenvalue weighted by molar-refractivity contribution is 0.0924. The van der Waals surface area contributed by atoms with Crippen molar-refractivity contribution in [2.75, 3.05) is 26.2 Å². The van der Waals surface area contributed by atoms with Crippen molar-refractivity contribution in [1.29, 1.82) is 0 Å². The van der Waals surface area contributed by atoms with E-state index in [4.69, 9.17) is 10.8 Å². The first kappa shape index (κ1) is 11.0. The molecule has 1 rings (SSSR count). The fourth-order valence-corrected chi connectivity index (χ4v) is 2.22. The van der Waals surface area contributed by atoms with E-state index in [1.165, 1.54) is 19.3 Å². The molecule has 3 nitrogen and oxygen atoms in total. The Bertz CT molecular complexity index is 141. The van der Waals surface area contributed by atoms with Gasteiger partial charge in [-0.3, -0.25) is 4.90 Å². The molecule has 0 aromatic heterocycles. The second-order valence-electron chi connectivity index (χ2n) is 3.95. The molecule has 0 amide bonds. The lowest BCUT2D eigenvalue weighted by Gasteiger charge is -2.38. The number of nitrogens with two attached hydrogens (primary N) is 1. The summed E-state index contributed by atoms with van der Waals surface area (Å²) in [6.07, 6.45) is 3.75. The molecular formula is C10H22N2O. The smallest absolute Gasteiger partial charge is 0.0558 e. The minimum atomic E-state index is 0.257. The lowest BCUT2D eigenvalue weighted by atomic mass is 9.89. The SMILES string of the molecule is CCC1CCN(CCO)C(CN)C1. The van der Waals surface area contributed by atoms with Crippen LogP contribution in [-0.4, -0.2) is 42.3 Å². The summed E-state index contributed by atoms with van der Waals surface area (Å²) >= 11 is 0. The second kappa shape index (κ2) is 5.58. The quantitative estimate of drug-likeness (QED) is 0.669. The summed E-state index contributed by atoms with van der Waals surface area (Å²) in [7, 11) is 0. The normalized spacial score (nSPS) is 30.7. The fraction of sp³-hybridized carbons (Fsp3) is 1.00. The van der Waals surface area contributed by atoms with Gasteiger partial charge in [0.05, 0.1) is 6.61 Å². The zero-order valence-corrected chi connectivity index (χ0v) is 8.58.